The molecule has 0 aromatic carbocycles. The monoisotopic (exact) mass is 1000 g/mol. The van der Waals surface area contributed by atoms with Crippen molar-refractivity contribution < 1.29 is 82.0 Å². The largest absolute Gasteiger partial charge is 0.472 e. The zero-order valence-corrected chi connectivity index (χ0v) is 41.9. The molecule has 1 rings (SSSR count). The quantitative estimate of drug-likeness (QED) is 0.00944. The van der Waals surface area contributed by atoms with Gasteiger partial charge in [-0.2, -0.15) is 0 Å². The first-order valence-electron chi connectivity index (χ1n) is 24.2. The van der Waals surface area contributed by atoms with E-state index in [9.17, 15) is 58.9 Å². The third-order valence-electron chi connectivity index (χ3n) is 10.6. The van der Waals surface area contributed by atoms with Gasteiger partial charge in [0.1, 0.15) is 43.2 Å². The van der Waals surface area contributed by atoms with Crippen molar-refractivity contribution in [1.29, 1.82) is 0 Å². The van der Waals surface area contributed by atoms with E-state index in [1.165, 1.54) is 38.5 Å². The molecule has 17 nitrogen and oxygen atoms in total. The van der Waals surface area contributed by atoms with Gasteiger partial charge in [-0.05, 0) is 64.2 Å². The highest BCUT2D eigenvalue weighted by Gasteiger charge is 2.54. The fourth-order valence-electron chi connectivity index (χ4n) is 6.84. The lowest BCUT2D eigenvalue weighted by Gasteiger charge is -2.43. The summed E-state index contributed by atoms with van der Waals surface area (Å²) in [5.74, 6) is -1.34. The Kier molecular flexibility index (Phi) is 36.1. The summed E-state index contributed by atoms with van der Waals surface area (Å²) in [6.07, 6.45) is 30.1. The summed E-state index contributed by atoms with van der Waals surface area (Å²) in [7, 11) is -10.7. The maximum Gasteiger partial charge on any atom is 0.472 e. The Bertz CT molecular complexity index is 1650. The lowest BCUT2D eigenvalue weighted by Crippen LogP contribution is -2.64. The molecule has 6 unspecified atom stereocenters. The fourth-order valence-corrected chi connectivity index (χ4v) is 8.38. The van der Waals surface area contributed by atoms with Crippen LogP contribution in [-0.4, -0.2) is 114 Å². The Morgan fingerprint density at radius 2 is 1.06 bits per heavy atom. The van der Waals surface area contributed by atoms with Crippen molar-refractivity contribution in [1.82, 2.24) is 0 Å². The predicted octanol–water partition coefficient (Wildman–Crippen LogP) is 8.36. The smallest absolute Gasteiger partial charge is 0.462 e. The molecule has 0 aromatic rings. The SMILES string of the molecule is CC/C=C\C/C=C\CC(O)/C=C/C=C\C/C=C\C/C=C\CCC(=O)O[C@H](COC(=O)CCCCCCCCCCCCC/C=C\CC)COP(=O)(O)O[C@H]1C(O)C(O)C(O)[C@@H](OP(=O)(O)O)C1O. The van der Waals surface area contributed by atoms with Crippen molar-refractivity contribution in [2.75, 3.05) is 13.2 Å². The zero-order valence-electron chi connectivity index (χ0n) is 40.1. The van der Waals surface area contributed by atoms with Gasteiger partial charge in [-0.15, -0.1) is 0 Å². The molecule has 0 radical (unpaired) electrons. The van der Waals surface area contributed by atoms with Gasteiger partial charge < -0.3 is 49.7 Å². The molecule has 0 spiro atoms. The van der Waals surface area contributed by atoms with E-state index >= 15 is 0 Å². The van der Waals surface area contributed by atoms with Gasteiger partial charge in [0.15, 0.2) is 6.10 Å². The molecule has 0 saturated heterocycles. The number of allylic oxidation sites excluding steroid dienone is 12. The molecular weight excluding hydrogens is 922 g/mol. The van der Waals surface area contributed by atoms with Crippen molar-refractivity contribution in [3.05, 3.63) is 85.1 Å². The maximum absolute atomic E-state index is 13.0. The van der Waals surface area contributed by atoms with Crippen LogP contribution in [0.3, 0.4) is 0 Å². The molecule has 8 N–H and O–H groups in total. The van der Waals surface area contributed by atoms with Gasteiger partial charge in [0, 0.05) is 12.8 Å². The van der Waals surface area contributed by atoms with Crippen LogP contribution in [0.25, 0.3) is 0 Å². The van der Waals surface area contributed by atoms with E-state index in [1.54, 1.807) is 18.2 Å². The number of rotatable bonds is 39. The minimum atomic E-state index is -5.38. The highest BCUT2D eigenvalue weighted by Crippen LogP contribution is 2.49. The number of aliphatic hydroxyl groups excluding tert-OH is 5. The van der Waals surface area contributed by atoms with Crippen LogP contribution in [0, 0.1) is 0 Å². The second-order valence-electron chi connectivity index (χ2n) is 16.6. The fraction of sp³-hybridized carbons (Fsp3) is 0.673. The molecule has 0 aromatic heterocycles. The average molecular weight is 1010 g/mol. The molecule has 0 heterocycles. The molecule has 1 aliphatic rings. The minimum Gasteiger partial charge on any atom is -0.462 e. The zero-order chi connectivity index (χ0) is 50.5. The van der Waals surface area contributed by atoms with Gasteiger partial charge in [-0.25, -0.2) is 9.13 Å². The molecule has 1 fully saturated rings. The van der Waals surface area contributed by atoms with Crippen LogP contribution in [0.5, 0.6) is 0 Å². The Morgan fingerprint density at radius 1 is 0.544 bits per heavy atom. The Balaban J connectivity index is 2.66. The summed E-state index contributed by atoms with van der Waals surface area (Å²) in [4.78, 5) is 54.3. The summed E-state index contributed by atoms with van der Waals surface area (Å²) in [6.45, 7) is 2.78. The second kappa shape index (κ2) is 38.8. The van der Waals surface area contributed by atoms with Crippen molar-refractivity contribution >= 4 is 27.6 Å². The van der Waals surface area contributed by atoms with E-state index in [0.717, 1.165) is 51.4 Å². The van der Waals surface area contributed by atoms with Crippen LogP contribution in [0.2, 0.25) is 0 Å². The molecule has 390 valence electrons. The normalized spacial score (nSPS) is 22.4. The highest BCUT2D eigenvalue weighted by atomic mass is 31.2. The number of aliphatic hydroxyl groups is 5. The lowest BCUT2D eigenvalue weighted by atomic mass is 9.85. The molecule has 19 heteroatoms. The number of carbonyl (C=O) groups is 2. The van der Waals surface area contributed by atoms with Gasteiger partial charge in [0.25, 0.3) is 0 Å². The van der Waals surface area contributed by atoms with Gasteiger partial charge in [0.2, 0.25) is 0 Å². The lowest BCUT2D eigenvalue weighted by molar-refractivity contribution is -0.216. The van der Waals surface area contributed by atoms with Crippen molar-refractivity contribution in [3.8, 4) is 0 Å². The van der Waals surface area contributed by atoms with E-state index in [2.05, 4.69) is 42.7 Å². The number of unbranched alkanes of at least 4 members (excludes halogenated alkanes) is 11. The summed E-state index contributed by atoms with van der Waals surface area (Å²) < 4.78 is 49.3. The van der Waals surface area contributed by atoms with Gasteiger partial charge in [0.05, 0.1) is 12.7 Å². The van der Waals surface area contributed by atoms with Crippen LogP contribution in [0.4, 0.5) is 0 Å². The molecule has 0 amide bonds. The third kappa shape index (κ3) is 32.9. The van der Waals surface area contributed by atoms with E-state index < -0.39 is 89.6 Å². The van der Waals surface area contributed by atoms with Gasteiger partial charge in [-0.1, -0.05) is 157 Å². The number of hydrogen-bond acceptors (Lipinski definition) is 14. The number of esters is 2. The minimum absolute atomic E-state index is 0.0899. The number of phosphoric acid groups is 2. The summed E-state index contributed by atoms with van der Waals surface area (Å²) in [5.41, 5.74) is 0. The molecule has 0 aliphatic heterocycles. The Hall–Kier alpha value is -2.86. The second-order valence-corrected chi connectivity index (χ2v) is 19.2. The van der Waals surface area contributed by atoms with Crippen LogP contribution in [0.15, 0.2) is 85.1 Å². The van der Waals surface area contributed by atoms with E-state index in [1.807, 2.05) is 42.5 Å². The molecule has 1 aliphatic carbocycles. The van der Waals surface area contributed by atoms with Crippen molar-refractivity contribution in [2.45, 2.75) is 198 Å². The molecule has 1 saturated carbocycles. The van der Waals surface area contributed by atoms with Crippen molar-refractivity contribution in [3.63, 3.8) is 0 Å². The standard InChI is InChI=1S/C49H82O17P2/c1-3-5-7-9-11-12-13-14-15-16-17-21-24-28-32-36-42(51)62-38-41(39-63-68(60,61)66-49-46(55)44(53)45(54)48(47(49)56)65-67(57,58)59)64-43(52)37-33-29-25-22-19-18-20-23-27-31-35-40(50)34-30-26-10-8-6-4-2/h5-8,18-19,23,25-27,29-31,35,40-41,44-50,53-56H,3-4,9-17,20-22,24,28,32-34,36-39H2,1-2H3,(H,60,61)(H2,57,58,59)/b7-5-,8-6-,19-18-,27-23-,29-25-,30-26-,35-31+/t40?,41-,44?,45?,46?,47?,48-,49+/m1/s1. The predicted molar refractivity (Wildman–Crippen MR) is 261 cm³/mol. The van der Waals surface area contributed by atoms with E-state index in [-0.39, 0.29) is 19.3 Å². The third-order valence-corrected chi connectivity index (χ3v) is 12.1. The number of ether oxygens (including phenoxy) is 2. The molecular formula is C49H82O17P2. The topological polar surface area (TPSA) is 276 Å². The Morgan fingerprint density at radius 3 is 1.68 bits per heavy atom. The number of carbonyl (C=O) groups excluding carboxylic acids is 2. The first-order chi connectivity index (χ1) is 32.5. The number of hydrogen-bond donors (Lipinski definition) is 8. The number of phosphoric ester groups is 2. The van der Waals surface area contributed by atoms with Crippen LogP contribution < -0.4 is 0 Å². The maximum atomic E-state index is 13.0. The summed E-state index contributed by atoms with van der Waals surface area (Å²) in [6, 6.07) is 0. The summed E-state index contributed by atoms with van der Waals surface area (Å²) in [5, 5.41) is 51.3. The van der Waals surface area contributed by atoms with Crippen LogP contribution in [-0.2, 0) is 41.8 Å². The van der Waals surface area contributed by atoms with Gasteiger partial charge >= 0.3 is 27.6 Å². The average Bonchev–Trinajstić information content (AvgIpc) is 3.29. The molecule has 9 atom stereocenters. The first-order valence-corrected chi connectivity index (χ1v) is 27.3. The van der Waals surface area contributed by atoms with Crippen LogP contribution in [0.1, 0.15) is 149 Å². The molecule has 68 heavy (non-hydrogen) atoms. The van der Waals surface area contributed by atoms with Crippen LogP contribution >= 0.6 is 15.6 Å². The van der Waals surface area contributed by atoms with E-state index in [0.29, 0.717) is 25.7 Å². The van der Waals surface area contributed by atoms with Crippen molar-refractivity contribution in [2.24, 2.45) is 0 Å². The highest BCUT2D eigenvalue weighted by molar-refractivity contribution is 7.47. The Labute approximate surface area is 404 Å². The molecule has 0 bridgehead atoms. The van der Waals surface area contributed by atoms with Gasteiger partial charge in [-0.3, -0.25) is 23.2 Å². The summed E-state index contributed by atoms with van der Waals surface area (Å²) >= 11 is 0. The van der Waals surface area contributed by atoms with E-state index in [4.69, 9.17) is 18.5 Å². The first kappa shape index (κ1) is 63.2.